The van der Waals surface area contributed by atoms with Crippen LogP contribution in [0.3, 0.4) is 0 Å². The second-order valence-corrected chi connectivity index (χ2v) is 15.3. The number of carbonyl (C=O) groups is 3. The van der Waals surface area contributed by atoms with Gasteiger partial charge in [-0.2, -0.15) is 0 Å². The number of rotatable bonds is 41. The third kappa shape index (κ3) is 43.8. The Kier molecular flexibility index (Phi) is 43.0. The van der Waals surface area contributed by atoms with Gasteiger partial charge in [0.1, 0.15) is 13.2 Å². The first-order valence-corrected chi connectivity index (χ1v) is 23.4. The second kappa shape index (κ2) is 45.6. The molecule has 0 saturated carbocycles. The summed E-state index contributed by atoms with van der Waals surface area (Å²) >= 11 is 0. The highest BCUT2D eigenvalue weighted by atomic mass is 16.6. The lowest BCUT2D eigenvalue weighted by molar-refractivity contribution is -0.167. The van der Waals surface area contributed by atoms with Crippen molar-refractivity contribution in [1.82, 2.24) is 0 Å². The number of unbranched alkanes of at least 4 members (excludes halogenated alkanes) is 18. The lowest BCUT2D eigenvalue weighted by atomic mass is 10.1. The molecule has 0 aromatic rings. The highest BCUT2D eigenvalue weighted by Gasteiger charge is 2.19. The fourth-order valence-corrected chi connectivity index (χ4v) is 6.17. The minimum absolute atomic E-state index is 0.0892. The van der Waals surface area contributed by atoms with Crippen LogP contribution in [-0.4, -0.2) is 37.2 Å². The van der Waals surface area contributed by atoms with Crippen LogP contribution in [0.5, 0.6) is 0 Å². The van der Waals surface area contributed by atoms with E-state index < -0.39 is 6.10 Å². The maximum absolute atomic E-state index is 12.7. The Hall–Kier alpha value is -3.15. The van der Waals surface area contributed by atoms with Crippen molar-refractivity contribution in [3.63, 3.8) is 0 Å². The van der Waals surface area contributed by atoms with Crippen LogP contribution in [0.1, 0.15) is 213 Å². The van der Waals surface area contributed by atoms with Crippen molar-refractivity contribution >= 4 is 17.9 Å². The first-order valence-electron chi connectivity index (χ1n) is 23.4. The number of carbonyl (C=O) groups excluding carboxylic acids is 3. The monoisotopic (exact) mass is 795 g/mol. The van der Waals surface area contributed by atoms with E-state index in [1.807, 2.05) is 0 Å². The number of hydrogen-bond acceptors (Lipinski definition) is 6. The van der Waals surface area contributed by atoms with E-state index in [1.165, 1.54) is 64.2 Å². The summed E-state index contributed by atoms with van der Waals surface area (Å²) in [6, 6.07) is 0. The zero-order valence-electron chi connectivity index (χ0n) is 37.1. The van der Waals surface area contributed by atoms with E-state index in [4.69, 9.17) is 14.2 Å². The molecule has 0 N–H and O–H groups in total. The predicted octanol–water partition coefficient (Wildman–Crippen LogP) is 15.1. The molecule has 0 fully saturated rings. The van der Waals surface area contributed by atoms with Gasteiger partial charge in [0, 0.05) is 19.3 Å². The van der Waals surface area contributed by atoms with Crippen LogP contribution < -0.4 is 0 Å². The minimum atomic E-state index is -0.789. The summed E-state index contributed by atoms with van der Waals surface area (Å²) in [5, 5.41) is 0. The molecule has 0 bridgehead atoms. The van der Waals surface area contributed by atoms with E-state index in [2.05, 4.69) is 93.7 Å². The summed E-state index contributed by atoms with van der Waals surface area (Å²) in [5.41, 5.74) is 0. The highest BCUT2D eigenvalue weighted by molar-refractivity contribution is 5.71. The molecular formula is C51H86O6. The number of allylic oxidation sites excluding steroid dienone is 12. The van der Waals surface area contributed by atoms with Crippen molar-refractivity contribution in [2.75, 3.05) is 13.2 Å². The largest absolute Gasteiger partial charge is 0.462 e. The zero-order valence-corrected chi connectivity index (χ0v) is 37.1. The predicted molar refractivity (Wildman–Crippen MR) is 242 cm³/mol. The molecule has 0 spiro atoms. The van der Waals surface area contributed by atoms with Crippen LogP contribution in [0.2, 0.25) is 0 Å². The smallest absolute Gasteiger partial charge is 0.306 e. The Morgan fingerprint density at radius 3 is 1.14 bits per heavy atom. The molecule has 0 aromatic carbocycles. The van der Waals surface area contributed by atoms with Crippen LogP contribution >= 0.6 is 0 Å². The summed E-state index contributed by atoms with van der Waals surface area (Å²) in [7, 11) is 0. The topological polar surface area (TPSA) is 78.9 Å². The molecule has 0 aliphatic heterocycles. The average molecular weight is 795 g/mol. The fourth-order valence-electron chi connectivity index (χ4n) is 6.17. The molecule has 6 heteroatoms. The van der Waals surface area contributed by atoms with E-state index in [-0.39, 0.29) is 31.1 Å². The molecular weight excluding hydrogens is 709 g/mol. The summed E-state index contributed by atoms with van der Waals surface area (Å²) in [4.78, 5) is 37.7. The maximum atomic E-state index is 12.7. The summed E-state index contributed by atoms with van der Waals surface area (Å²) in [6.07, 6.45) is 56.0. The highest BCUT2D eigenvalue weighted by Crippen LogP contribution is 2.13. The Labute approximate surface area is 351 Å². The van der Waals surface area contributed by atoms with Crippen molar-refractivity contribution in [1.29, 1.82) is 0 Å². The molecule has 0 rings (SSSR count). The average Bonchev–Trinajstić information content (AvgIpc) is 3.21. The van der Waals surface area contributed by atoms with Gasteiger partial charge in [-0.25, -0.2) is 0 Å². The Balaban J connectivity index is 4.39. The molecule has 0 aliphatic rings. The van der Waals surface area contributed by atoms with E-state index in [0.29, 0.717) is 19.3 Å². The van der Waals surface area contributed by atoms with Gasteiger partial charge in [0.05, 0.1) is 0 Å². The molecule has 0 aliphatic carbocycles. The molecule has 326 valence electrons. The molecule has 0 aromatic heterocycles. The fraction of sp³-hybridized carbons (Fsp3) is 0.706. The van der Waals surface area contributed by atoms with Crippen LogP contribution in [0, 0.1) is 0 Å². The standard InChI is InChI=1S/C51H86O6/c1-4-7-10-13-16-19-21-23-24-25-26-27-28-29-31-32-35-38-41-44-50(53)56-47-48(46-55-49(52)43-40-37-34-18-15-12-9-6-3)57-51(54)45-42-39-36-33-30-22-20-17-14-11-8-5-2/h7,10,16-17,19-20,23-24,26-27,29,31,48H,4-6,8-9,11-15,18,21-22,25,28,30,32-47H2,1-3H3/b10-7-,19-16-,20-17-,24-23-,27-26-,31-29-. The van der Waals surface area contributed by atoms with Crippen LogP contribution in [0.15, 0.2) is 72.9 Å². The summed E-state index contributed by atoms with van der Waals surface area (Å²) in [6.45, 7) is 6.42. The molecule has 1 unspecified atom stereocenters. The van der Waals surface area contributed by atoms with Crippen molar-refractivity contribution < 1.29 is 28.6 Å². The van der Waals surface area contributed by atoms with Gasteiger partial charge in [-0.05, 0) is 89.9 Å². The third-order valence-corrected chi connectivity index (χ3v) is 9.70. The maximum Gasteiger partial charge on any atom is 0.306 e. The summed E-state index contributed by atoms with van der Waals surface area (Å²) < 4.78 is 16.6. The van der Waals surface area contributed by atoms with Crippen molar-refractivity contribution in [3.8, 4) is 0 Å². The zero-order chi connectivity index (χ0) is 41.5. The molecule has 0 saturated heterocycles. The number of esters is 3. The Morgan fingerprint density at radius 2 is 0.684 bits per heavy atom. The van der Waals surface area contributed by atoms with Gasteiger partial charge >= 0.3 is 17.9 Å². The van der Waals surface area contributed by atoms with Crippen LogP contribution in [0.4, 0.5) is 0 Å². The van der Waals surface area contributed by atoms with Crippen molar-refractivity contribution in [2.45, 2.75) is 219 Å². The molecule has 1 atom stereocenters. The van der Waals surface area contributed by atoms with Crippen LogP contribution in [0.25, 0.3) is 0 Å². The lowest BCUT2D eigenvalue weighted by Gasteiger charge is -2.18. The molecule has 0 amide bonds. The van der Waals surface area contributed by atoms with Crippen molar-refractivity contribution in [3.05, 3.63) is 72.9 Å². The molecule has 57 heavy (non-hydrogen) atoms. The van der Waals surface area contributed by atoms with Gasteiger partial charge in [0.15, 0.2) is 6.10 Å². The normalized spacial score (nSPS) is 12.7. The van der Waals surface area contributed by atoms with E-state index >= 15 is 0 Å². The second-order valence-electron chi connectivity index (χ2n) is 15.3. The van der Waals surface area contributed by atoms with Crippen molar-refractivity contribution in [2.24, 2.45) is 0 Å². The number of hydrogen-bond donors (Lipinski definition) is 0. The Morgan fingerprint density at radius 1 is 0.368 bits per heavy atom. The van der Waals surface area contributed by atoms with E-state index in [9.17, 15) is 14.4 Å². The minimum Gasteiger partial charge on any atom is -0.462 e. The first-order chi connectivity index (χ1) is 28.0. The third-order valence-electron chi connectivity index (χ3n) is 9.70. The van der Waals surface area contributed by atoms with Gasteiger partial charge in [0.2, 0.25) is 0 Å². The lowest BCUT2D eigenvalue weighted by Crippen LogP contribution is -2.30. The molecule has 6 nitrogen and oxygen atoms in total. The molecule has 0 heterocycles. The van der Waals surface area contributed by atoms with Gasteiger partial charge in [0.25, 0.3) is 0 Å². The van der Waals surface area contributed by atoms with Crippen LogP contribution in [-0.2, 0) is 28.6 Å². The SMILES string of the molecule is CC/C=C\C/C=C\C/C=C\C/C=C\C/C=C\CCCCCC(=O)OCC(COC(=O)CCCCCCCCCC)OC(=O)CCCCCCC/C=C\CCCCC. The van der Waals surface area contributed by atoms with Gasteiger partial charge in [-0.1, -0.05) is 177 Å². The van der Waals surface area contributed by atoms with Gasteiger partial charge in [-0.3, -0.25) is 14.4 Å². The quantitative estimate of drug-likeness (QED) is 0.0265. The number of ether oxygens (including phenoxy) is 3. The Bertz CT molecular complexity index is 1100. The molecule has 0 radical (unpaired) electrons. The van der Waals surface area contributed by atoms with Gasteiger partial charge in [-0.15, -0.1) is 0 Å². The van der Waals surface area contributed by atoms with E-state index in [0.717, 1.165) is 109 Å². The van der Waals surface area contributed by atoms with E-state index in [1.54, 1.807) is 0 Å². The first kappa shape index (κ1) is 53.9. The summed E-state index contributed by atoms with van der Waals surface area (Å²) in [5.74, 6) is -0.941. The van der Waals surface area contributed by atoms with Gasteiger partial charge < -0.3 is 14.2 Å².